The largest absolute Gasteiger partial charge is 0.494 e. The van der Waals surface area contributed by atoms with Crippen molar-refractivity contribution < 1.29 is 18.3 Å². The quantitative estimate of drug-likeness (QED) is 0.604. The van der Waals surface area contributed by atoms with Gasteiger partial charge in [-0.15, -0.1) is 0 Å². The minimum absolute atomic E-state index is 0.0301. The van der Waals surface area contributed by atoms with E-state index in [1.807, 2.05) is 12.1 Å². The lowest BCUT2D eigenvalue weighted by atomic mass is 9.92. The van der Waals surface area contributed by atoms with Crippen molar-refractivity contribution in [1.29, 1.82) is 0 Å². The van der Waals surface area contributed by atoms with Gasteiger partial charge in [0.1, 0.15) is 5.75 Å². The van der Waals surface area contributed by atoms with Crippen molar-refractivity contribution in [3.8, 4) is 5.75 Å². The second-order valence-electron chi connectivity index (χ2n) is 8.75. The average molecular weight is 461 g/mol. The van der Waals surface area contributed by atoms with Crippen molar-refractivity contribution in [3.05, 3.63) is 47.3 Å². The second kappa shape index (κ2) is 10.1. The smallest absolute Gasteiger partial charge is 0.225 e. The first-order valence-corrected chi connectivity index (χ1v) is 13.1. The molecule has 174 valence electrons. The van der Waals surface area contributed by atoms with E-state index in [0.29, 0.717) is 25.6 Å². The van der Waals surface area contributed by atoms with Crippen LogP contribution in [0.25, 0.3) is 0 Å². The van der Waals surface area contributed by atoms with Gasteiger partial charge in [-0.1, -0.05) is 6.07 Å². The van der Waals surface area contributed by atoms with E-state index in [-0.39, 0.29) is 6.61 Å². The van der Waals surface area contributed by atoms with Gasteiger partial charge >= 0.3 is 0 Å². The van der Waals surface area contributed by atoms with Crippen LogP contribution in [0.1, 0.15) is 42.4 Å². The molecule has 2 aliphatic rings. The molecule has 0 atom stereocenters. The summed E-state index contributed by atoms with van der Waals surface area (Å²) in [5.41, 5.74) is 2.98. The molecular formula is C23H32N4O4S. The van der Waals surface area contributed by atoms with Crippen LogP contribution < -0.4 is 9.64 Å². The first kappa shape index (κ1) is 22.9. The third-order valence-corrected chi connectivity index (χ3v) is 7.67. The van der Waals surface area contributed by atoms with Crippen LogP contribution in [0.4, 0.5) is 5.95 Å². The zero-order valence-electron chi connectivity index (χ0n) is 18.6. The first-order chi connectivity index (χ1) is 15.4. The Morgan fingerprint density at radius 2 is 1.88 bits per heavy atom. The highest BCUT2D eigenvalue weighted by Crippen LogP contribution is 2.27. The summed E-state index contributed by atoms with van der Waals surface area (Å²) in [5, 5.41) is 9.11. The van der Waals surface area contributed by atoms with Gasteiger partial charge in [0.15, 0.2) is 0 Å². The van der Waals surface area contributed by atoms with E-state index in [2.05, 4.69) is 20.9 Å². The van der Waals surface area contributed by atoms with Gasteiger partial charge < -0.3 is 14.7 Å². The fourth-order valence-electron chi connectivity index (χ4n) is 4.45. The molecule has 9 heteroatoms. The van der Waals surface area contributed by atoms with Gasteiger partial charge in [0.05, 0.1) is 19.5 Å². The Morgan fingerprint density at radius 3 is 2.56 bits per heavy atom. The molecule has 1 N–H and O–H groups in total. The maximum atomic E-state index is 11.8. The van der Waals surface area contributed by atoms with Crippen LogP contribution in [0.5, 0.6) is 5.75 Å². The lowest BCUT2D eigenvalue weighted by molar-refractivity contribution is 0.277. The normalized spacial score (nSPS) is 17.9. The van der Waals surface area contributed by atoms with E-state index in [4.69, 9.17) is 9.84 Å². The number of nitrogens with zero attached hydrogens (tertiary/aromatic N) is 4. The number of anilines is 1. The number of benzene rings is 1. The third kappa shape index (κ3) is 5.76. The Morgan fingerprint density at radius 1 is 1.12 bits per heavy atom. The standard InChI is InChI=1S/C23H32N4O4S/c1-32(29,30)27-11-8-20-13-22(5-4-21(20)16-27)31-12-2-3-18-6-9-26(10-7-18)23-24-14-19(17-28)15-25-23/h4-5,13-15,18,28H,2-3,6-12,16-17H2,1H3. The summed E-state index contributed by atoms with van der Waals surface area (Å²) in [4.78, 5) is 10.9. The molecule has 0 bridgehead atoms. The molecule has 0 unspecified atom stereocenters. The molecule has 8 nitrogen and oxygen atoms in total. The fraction of sp³-hybridized carbons (Fsp3) is 0.565. The van der Waals surface area contributed by atoms with Crippen molar-refractivity contribution in [2.75, 3.05) is 37.4 Å². The summed E-state index contributed by atoms with van der Waals surface area (Å²) in [6.07, 6.45) is 9.79. The molecule has 1 aromatic carbocycles. The molecule has 0 aliphatic carbocycles. The summed E-state index contributed by atoms with van der Waals surface area (Å²) in [6.45, 7) is 3.56. The van der Waals surface area contributed by atoms with E-state index >= 15 is 0 Å². The number of ether oxygens (including phenoxy) is 1. The van der Waals surface area contributed by atoms with Gasteiger partial charge in [-0.2, -0.15) is 4.31 Å². The average Bonchev–Trinajstić information content (AvgIpc) is 2.81. The lowest BCUT2D eigenvalue weighted by Gasteiger charge is -2.32. The molecule has 0 amide bonds. The number of hydrogen-bond acceptors (Lipinski definition) is 7. The monoisotopic (exact) mass is 460 g/mol. The number of aliphatic hydroxyl groups is 1. The van der Waals surface area contributed by atoms with Gasteiger partial charge in [0, 0.05) is 44.1 Å². The van der Waals surface area contributed by atoms with Gasteiger partial charge in [0.25, 0.3) is 0 Å². The molecule has 0 radical (unpaired) electrons. The van der Waals surface area contributed by atoms with E-state index in [9.17, 15) is 8.42 Å². The summed E-state index contributed by atoms with van der Waals surface area (Å²) in [6, 6.07) is 6.01. The molecule has 1 saturated heterocycles. The SMILES string of the molecule is CS(=O)(=O)N1CCc2cc(OCCCC3CCN(c4ncc(CO)cn4)CC3)ccc2C1. The number of sulfonamides is 1. The van der Waals surface area contributed by atoms with Gasteiger partial charge in [-0.3, -0.25) is 0 Å². The van der Waals surface area contributed by atoms with E-state index in [0.717, 1.165) is 68.0 Å². The van der Waals surface area contributed by atoms with Crippen LogP contribution in [-0.4, -0.2) is 60.3 Å². The molecule has 1 fully saturated rings. The lowest BCUT2D eigenvalue weighted by Crippen LogP contribution is -2.35. The zero-order valence-corrected chi connectivity index (χ0v) is 19.4. The highest BCUT2D eigenvalue weighted by Gasteiger charge is 2.23. The Bertz CT molecular complexity index is 1010. The van der Waals surface area contributed by atoms with Crippen molar-refractivity contribution in [2.45, 2.75) is 45.3 Å². The molecule has 2 aliphatic heterocycles. The van der Waals surface area contributed by atoms with Gasteiger partial charge in [-0.05, 0) is 61.3 Å². The molecular weight excluding hydrogens is 428 g/mol. The Hall–Kier alpha value is -2.23. The number of hydrogen-bond donors (Lipinski definition) is 1. The van der Waals surface area contributed by atoms with Gasteiger partial charge in [0.2, 0.25) is 16.0 Å². The number of piperidine rings is 1. The van der Waals surface area contributed by atoms with Gasteiger partial charge in [-0.25, -0.2) is 18.4 Å². The topological polar surface area (TPSA) is 95.9 Å². The number of aromatic nitrogens is 2. The van der Waals surface area contributed by atoms with E-state index in [1.165, 1.54) is 16.1 Å². The predicted molar refractivity (Wildman–Crippen MR) is 123 cm³/mol. The number of fused-ring (bicyclic) bond motifs is 1. The minimum atomic E-state index is -3.15. The molecule has 2 aromatic rings. The number of aliphatic hydroxyl groups excluding tert-OH is 1. The molecule has 32 heavy (non-hydrogen) atoms. The first-order valence-electron chi connectivity index (χ1n) is 11.3. The Labute approximate surface area is 190 Å². The molecule has 0 spiro atoms. The Balaban J connectivity index is 1.18. The van der Waals surface area contributed by atoms with Crippen molar-refractivity contribution in [1.82, 2.24) is 14.3 Å². The molecule has 1 aromatic heterocycles. The summed E-state index contributed by atoms with van der Waals surface area (Å²) in [7, 11) is -3.15. The van der Waals surface area contributed by atoms with Crippen LogP contribution in [0, 0.1) is 5.92 Å². The van der Waals surface area contributed by atoms with Crippen LogP contribution >= 0.6 is 0 Å². The number of rotatable bonds is 8. The highest BCUT2D eigenvalue weighted by atomic mass is 32.2. The molecule has 3 heterocycles. The summed E-state index contributed by atoms with van der Waals surface area (Å²) in [5.74, 6) is 2.31. The van der Waals surface area contributed by atoms with E-state index in [1.54, 1.807) is 12.4 Å². The second-order valence-corrected chi connectivity index (χ2v) is 10.7. The van der Waals surface area contributed by atoms with Crippen molar-refractivity contribution in [3.63, 3.8) is 0 Å². The zero-order chi connectivity index (χ0) is 22.6. The van der Waals surface area contributed by atoms with Crippen LogP contribution in [0.15, 0.2) is 30.6 Å². The van der Waals surface area contributed by atoms with Crippen molar-refractivity contribution in [2.24, 2.45) is 5.92 Å². The maximum Gasteiger partial charge on any atom is 0.225 e. The van der Waals surface area contributed by atoms with Crippen LogP contribution in [-0.2, 0) is 29.6 Å². The third-order valence-electron chi connectivity index (χ3n) is 6.42. The van der Waals surface area contributed by atoms with E-state index < -0.39 is 10.0 Å². The minimum Gasteiger partial charge on any atom is -0.494 e. The molecule has 0 saturated carbocycles. The highest BCUT2D eigenvalue weighted by molar-refractivity contribution is 7.88. The van der Waals surface area contributed by atoms with Crippen LogP contribution in [0.2, 0.25) is 0 Å². The fourth-order valence-corrected chi connectivity index (χ4v) is 5.25. The molecule has 4 rings (SSSR count). The Kier molecular flexibility index (Phi) is 7.27. The summed E-state index contributed by atoms with van der Waals surface area (Å²) < 4.78 is 31.0. The van der Waals surface area contributed by atoms with Crippen molar-refractivity contribution >= 4 is 16.0 Å². The maximum absolute atomic E-state index is 11.8. The van der Waals surface area contributed by atoms with Crippen LogP contribution in [0.3, 0.4) is 0 Å². The summed E-state index contributed by atoms with van der Waals surface area (Å²) >= 11 is 0. The predicted octanol–water partition coefficient (Wildman–Crippen LogP) is 2.36.